The van der Waals surface area contributed by atoms with Gasteiger partial charge in [0, 0.05) is 11.6 Å². The van der Waals surface area contributed by atoms with E-state index in [1.165, 1.54) is 12.8 Å². The average molecular weight is 261 g/mol. The van der Waals surface area contributed by atoms with Gasteiger partial charge in [-0.1, -0.05) is 0 Å². The summed E-state index contributed by atoms with van der Waals surface area (Å²) in [6.07, 6.45) is 5.98. The zero-order valence-electron chi connectivity index (χ0n) is 8.68. The fourth-order valence-electron chi connectivity index (χ4n) is 2.00. The van der Waals surface area contributed by atoms with Gasteiger partial charge in [-0.3, -0.25) is 4.98 Å². The second-order valence-corrected chi connectivity index (χ2v) is 3.71. The SMILES string of the molecule is Cl.Cl.c1cc2cc([C@H]3CCCN3)oc2cn1. The predicted octanol–water partition coefficient (Wildman–Crippen LogP) is 3.10. The Kier molecular flexibility index (Phi) is 4.59. The normalized spacial score (nSPS) is 19.1. The number of furan rings is 1. The molecule has 2 aromatic heterocycles. The van der Waals surface area contributed by atoms with Crippen LogP contribution in [-0.2, 0) is 0 Å². The molecule has 1 fully saturated rings. The van der Waals surface area contributed by atoms with Gasteiger partial charge in [0.2, 0.25) is 0 Å². The van der Waals surface area contributed by atoms with Gasteiger partial charge < -0.3 is 9.73 Å². The molecule has 2 aromatic rings. The molecule has 0 saturated carbocycles. The van der Waals surface area contributed by atoms with Crippen LogP contribution in [0.2, 0.25) is 0 Å². The molecule has 0 bridgehead atoms. The molecule has 1 aliphatic heterocycles. The van der Waals surface area contributed by atoms with Crippen LogP contribution in [0.5, 0.6) is 0 Å². The van der Waals surface area contributed by atoms with Crippen LogP contribution in [0.25, 0.3) is 11.0 Å². The molecule has 88 valence electrons. The molecule has 3 heterocycles. The molecule has 1 aliphatic rings. The highest BCUT2D eigenvalue weighted by atomic mass is 35.5. The third-order valence-electron chi connectivity index (χ3n) is 2.75. The Balaban J connectivity index is 0.000000640. The highest BCUT2D eigenvalue weighted by molar-refractivity contribution is 5.85. The molecule has 0 spiro atoms. The Morgan fingerprint density at radius 2 is 2.25 bits per heavy atom. The molecule has 1 saturated heterocycles. The number of halogens is 2. The van der Waals surface area contributed by atoms with Crippen LogP contribution < -0.4 is 5.32 Å². The summed E-state index contributed by atoms with van der Waals surface area (Å²) in [4.78, 5) is 4.04. The zero-order chi connectivity index (χ0) is 9.38. The number of aromatic nitrogens is 1. The molecule has 5 heteroatoms. The molecule has 16 heavy (non-hydrogen) atoms. The zero-order valence-corrected chi connectivity index (χ0v) is 10.3. The standard InChI is InChI=1S/C11H12N2O.2ClH/c1-2-9(13-4-1)10-6-8-3-5-12-7-11(8)14-10;;/h3,5-7,9,13H,1-2,4H2;2*1H/t9-;;/m1../s1. The van der Waals surface area contributed by atoms with E-state index in [0.717, 1.165) is 23.3 Å². The van der Waals surface area contributed by atoms with E-state index in [2.05, 4.69) is 16.4 Å². The fraction of sp³-hybridized carbons (Fsp3) is 0.364. The van der Waals surface area contributed by atoms with Gasteiger partial charge in [-0.15, -0.1) is 24.8 Å². The quantitative estimate of drug-likeness (QED) is 0.857. The van der Waals surface area contributed by atoms with Gasteiger partial charge in [0.05, 0.1) is 12.2 Å². The summed E-state index contributed by atoms with van der Waals surface area (Å²) in [5.41, 5.74) is 0.885. The van der Waals surface area contributed by atoms with E-state index >= 15 is 0 Å². The van der Waals surface area contributed by atoms with Crippen LogP contribution in [0.15, 0.2) is 28.9 Å². The van der Waals surface area contributed by atoms with Crippen LogP contribution in [0, 0.1) is 0 Å². The van der Waals surface area contributed by atoms with Crippen molar-refractivity contribution < 1.29 is 4.42 Å². The predicted molar refractivity (Wildman–Crippen MR) is 68.5 cm³/mol. The van der Waals surface area contributed by atoms with Crippen molar-refractivity contribution in [3.63, 3.8) is 0 Å². The second-order valence-electron chi connectivity index (χ2n) is 3.71. The van der Waals surface area contributed by atoms with E-state index in [-0.39, 0.29) is 24.8 Å². The van der Waals surface area contributed by atoms with Gasteiger partial charge >= 0.3 is 0 Å². The largest absolute Gasteiger partial charge is 0.458 e. The number of hydrogen-bond acceptors (Lipinski definition) is 3. The molecule has 0 amide bonds. The molecule has 1 N–H and O–H groups in total. The first kappa shape index (κ1) is 13.3. The van der Waals surface area contributed by atoms with E-state index in [4.69, 9.17) is 4.42 Å². The summed E-state index contributed by atoms with van der Waals surface area (Å²) in [5.74, 6) is 1.05. The Morgan fingerprint density at radius 1 is 1.38 bits per heavy atom. The maximum Gasteiger partial charge on any atom is 0.152 e. The highest BCUT2D eigenvalue weighted by Crippen LogP contribution is 2.28. The third kappa shape index (κ3) is 2.32. The van der Waals surface area contributed by atoms with Crippen molar-refractivity contribution >= 4 is 35.8 Å². The minimum Gasteiger partial charge on any atom is -0.458 e. The number of fused-ring (bicyclic) bond motifs is 1. The van der Waals surface area contributed by atoms with Crippen molar-refractivity contribution in [2.75, 3.05) is 6.54 Å². The number of rotatable bonds is 1. The fourth-order valence-corrected chi connectivity index (χ4v) is 2.00. The van der Waals surface area contributed by atoms with E-state index in [1.807, 2.05) is 6.07 Å². The van der Waals surface area contributed by atoms with Crippen LogP contribution >= 0.6 is 24.8 Å². The monoisotopic (exact) mass is 260 g/mol. The second kappa shape index (κ2) is 5.53. The molecule has 3 nitrogen and oxygen atoms in total. The summed E-state index contributed by atoms with van der Waals surface area (Å²) in [5, 5.41) is 4.56. The van der Waals surface area contributed by atoms with Crippen LogP contribution in [0.3, 0.4) is 0 Å². The molecular weight excluding hydrogens is 247 g/mol. The summed E-state index contributed by atoms with van der Waals surface area (Å²) < 4.78 is 5.73. The molecule has 3 rings (SSSR count). The van der Waals surface area contributed by atoms with E-state index in [1.54, 1.807) is 12.4 Å². The van der Waals surface area contributed by atoms with Crippen molar-refractivity contribution in [3.8, 4) is 0 Å². The van der Waals surface area contributed by atoms with Crippen molar-refractivity contribution in [1.29, 1.82) is 0 Å². The smallest absolute Gasteiger partial charge is 0.152 e. The van der Waals surface area contributed by atoms with Crippen molar-refractivity contribution in [1.82, 2.24) is 10.3 Å². The van der Waals surface area contributed by atoms with Gasteiger partial charge in [-0.2, -0.15) is 0 Å². The lowest BCUT2D eigenvalue weighted by Crippen LogP contribution is -2.11. The maximum atomic E-state index is 5.73. The average Bonchev–Trinajstić information content (AvgIpc) is 2.86. The first-order valence-corrected chi connectivity index (χ1v) is 5.00. The molecule has 0 aromatic carbocycles. The van der Waals surface area contributed by atoms with E-state index in [0.29, 0.717) is 6.04 Å². The van der Waals surface area contributed by atoms with Gasteiger partial charge in [-0.25, -0.2) is 0 Å². The maximum absolute atomic E-state index is 5.73. The van der Waals surface area contributed by atoms with E-state index in [9.17, 15) is 0 Å². The van der Waals surface area contributed by atoms with Crippen molar-refractivity contribution in [2.45, 2.75) is 18.9 Å². The lowest BCUT2D eigenvalue weighted by molar-refractivity contribution is 0.470. The Hall–Kier alpha value is -0.770. The Morgan fingerprint density at radius 3 is 2.94 bits per heavy atom. The summed E-state index contributed by atoms with van der Waals surface area (Å²) in [6, 6.07) is 4.50. The molecular formula is C11H14Cl2N2O. The lowest BCUT2D eigenvalue weighted by atomic mass is 10.2. The lowest BCUT2D eigenvalue weighted by Gasteiger charge is -2.04. The molecule has 0 unspecified atom stereocenters. The van der Waals surface area contributed by atoms with Crippen LogP contribution in [0.1, 0.15) is 24.6 Å². The summed E-state index contributed by atoms with van der Waals surface area (Å²) in [7, 11) is 0. The first-order chi connectivity index (χ1) is 6.93. The van der Waals surface area contributed by atoms with Crippen molar-refractivity contribution in [3.05, 3.63) is 30.3 Å². The van der Waals surface area contributed by atoms with Gasteiger partial charge in [0.25, 0.3) is 0 Å². The minimum atomic E-state index is 0. The number of hydrogen-bond donors (Lipinski definition) is 1. The van der Waals surface area contributed by atoms with Gasteiger partial charge in [0.15, 0.2) is 5.58 Å². The Labute approximate surface area is 106 Å². The molecule has 0 radical (unpaired) electrons. The Bertz CT molecular complexity index is 419. The number of nitrogens with zero attached hydrogens (tertiary/aromatic N) is 1. The third-order valence-corrected chi connectivity index (χ3v) is 2.75. The van der Waals surface area contributed by atoms with E-state index < -0.39 is 0 Å². The number of pyridine rings is 1. The van der Waals surface area contributed by atoms with Crippen molar-refractivity contribution in [2.24, 2.45) is 0 Å². The summed E-state index contributed by atoms with van der Waals surface area (Å²) >= 11 is 0. The summed E-state index contributed by atoms with van der Waals surface area (Å²) in [6.45, 7) is 1.10. The highest BCUT2D eigenvalue weighted by Gasteiger charge is 2.19. The van der Waals surface area contributed by atoms with Gasteiger partial charge in [0.1, 0.15) is 5.76 Å². The number of nitrogens with one attached hydrogen (secondary N) is 1. The molecule has 0 aliphatic carbocycles. The topological polar surface area (TPSA) is 38.1 Å². The first-order valence-electron chi connectivity index (χ1n) is 5.00. The minimum absolute atomic E-state index is 0. The molecule has 1 atom stereocenters. The van der Waals surface area contributed by atoms with Crippen LogP contribution in [-0.4, -0.2) is 11.5 Å². The van der Waals surface area contributed by atoms with Gasteiger partial charge in [-0.05, 0) is 31.5 Å². The van der Waals surface area contributed by atoms with Crippen LogP contribution in [0.4, 0.5) is 0 Å².